The molecule has 34 heavy (non-hydrogen) atoms. The molecule has 0 saturated carbocycles. The minimum absolute atomic E-state index is 0.0485. The number of aliphatic hydroxyl groups excluding tert-OH is 1. The molecule has 2 aliphatic heterocycles. The van der Waals surface area contributed by atoms with E-state index < -0.39 is 10.6 Å². The molecular weight excluding hydrogens is 458 g/mol. The van der Waals surface area contributed by atoms with Crippen LogP contribution in [0.15, 0.2) is 30.3 Å². The van der Waals surface area contributed by atoms with Gasteiger partial charge in [0.25, 0.3) is 0 Å². The van der Waals surface area contributed by atoms with Crippen molar-refractivity contribution in [3.05, 3.63) is 36.0 Å². The van der Waals surface area contributed by atoms with Gasteiger partial charge in [-0.05, 0) is 44.0 Å². The lowest BCUT2D eigenvalue weighted by Crippen LogP contribution is -2.44. The number of hydrogen-bond donors (Lipinski definition) is 4. The number of carbonyl (C=O) groups excluding carboxylic acids is 1. The summed E-state index contributed by atoms with van der Waals surface area (Å²) in [6.07, 6.45) is 2.26. The average Bonchev–Trinajstić information content (AvgIpc) is 2.79. The van der Waals surface area contributed by atoms with E-state index in [-0.39, 0.29) is 23.9 Å². The van der Waals surface area contributed by atoms with Gasteiger partial charge >= 0.3 is 6.03 Å². The fraction of sp³-hybridized carbons (Fsp3) is 0.522. The molecule has 0 radical (unpaired) electrons. The second kappa shape index (κ2) is 10.4. The predicted octanol–water partition coefficient (Wildman–Crippen LogP) is 3.24. The molecule has 10 nitrogen and oxygen atoms in total. The lowest BCUT2D eigenvalue weighted by Gasteiger charge is -2.35. The summed E-state index contributed by atoms with van der Waals surface area (Å²) >= 11 is 0. The number of aromatic nitrogens is 2. The van der Waals surface area contributed by atoms with Gasteiger partial charge in [0.15, 0.2) is 5.82 Å². The number of rotatable bonds is 5. The second-order valence-corrected chi connectivity index (χ2v) is 11.3. The van der Waals surface area contributed by atoms with Crippen LogP contribution in [0.5, 0.6) is 0 Å². The summed E-state index contributed by atoms with van der Waals surface area (Å²) in [5, 5.41) is 12.5. The van der Waals surface area contributed by atoms with Gasteiger partial charge in [0.2, 0.25) is 0 Å². The normalized spacial score (nSPS) is 20.3. The van der Waals surface area contributed by atoms with Crippen molar-refractivity contribution in [1.29, 1.82) is 0 Å². The summed E-state index contributed by atoms with van der Waals surface area (Å²) in [4.78, 5) is 25.7. The van der Waals surface area contributed by atoms with E-state index in [1.165, 1.54) is 6.26 Å². The Labute approximate surface area is 201 Å². The van der Waals surface area contributed by atoms with Gasteiger partial charge in [-0.15, -0.1) is 0 Å². The van der Waals surface area contributed by atoms with Gasteiger partial charge in [-0.3, -0.25) is 9.11 Å². The van der Waals surface area contributed by atoms with Gasteiger partial charge in [-0.25, -0.2) is 14.8 Å². The zero-order chi connectivity index (χ0) is 24.3. The van der Waals surface area contributed by atoms with Gasteiger partial charge in [0, 0.05) is 43.2 Å². The van der Waals surface area contributed by atoms with E-state index in [2.05, 4.69) is 22.1 Å². The van der Waals surface area contributed by atoms with E-state index in [0.717, 1.165) is 11.4 Å². The Hall–Kier alpha value is -2.44. The summed E-state index contributed by atoms with van der Waals surface area (Å²) < 4.78 is 25.6. The number of anilines is 2. The van der Waals surface area contributed by atoms with Gasteiger partial charge in [-0.2, -0.15) is 10.6 Å². The third kappa shape index (κ3) is 6.36. The summed E-state index contributed by atoms with van der Waals surface area (Å²) in [6, 6.07) is 9.04. The van der Waals surface area contributed by atoms with E-state index in [1.807, 2.05) is 18.2 Å². The Balaban J connectivity index is 1.54. The lowest BCUT2D eigenvalue weighted by atomic mass is 10.1. The molecule has 1 atom stereocenters. The number of benzene rings is 1. The number of morpholine rings is 1. The molecule has 1 aromatic carbocycles. The van der Waals surface area contributed by atoms with E-state index in [4.69, 9.17) is 9.72 Å². The molecule has 0 spiro atoms. The second-order valence-electron chi connectivity index (χ2n) is 9.02. The maximum absolute atomic E-state index is 12.5. The van der Waals surface area contributed by atoms with Gasteiger partial charge in [-0.1, -0.05) is 0 Å². The Morgan fingerprint density at radius 1 is 1.18 bits per heavy atom. The topological polar surface area (TPSA) is 131 Å². The highest BCUT2D eigenvalue weighted by Crippen LogP contribution is 2.38. The van der Waals surface area contributed by atoms with Crippen molar-refractivity contribution in [3.63, 3.8) is 0 Å². The first-order valence-electron chi connectivity index (χ1n) is 11.5. The molecule has 2 aromatic rings. The minimum atomic E-state index is -2.77. The largest absolute Gasteiger partial charge is 0.393 e. The van der Waals surface area contributed by atoms with E-state index in [0.29, 0.717) is 62.9 Å². The van der Waals surface area contributed by atoms with Crippen molar-refractivity contribution in [2.75, 3.05) is 49.3 Å². The number of hydrogen-bond acceptors (Lipinski definition) is 8. The fourth-order valence-corrected chi connectivity index (χ4v) is 4.86. The van der Waals surface area contributed by atoms with Crippen LogP contribution in [0.2, 0.25) is 0 Å². The summed E-state index contributed by atoms with van der Waals surface area (Å²) in [5.74, 6) is 1.26. The summed E-state index contributed by atoms with van der Waals surface area (Å²) in [5.41, 5.74) is 1.97. The predicted molar refractivity (Wildman–Crippen MR) is 133 cm³/mol. The zero-order valence-electron chi connectivity index (χ0n) is 19.6. The molecule has 2 aliphatic rings. The number of piperidine rings is 1. The van der Waals surface area contributed by atoms with Gasteiger partial charge < -0.3 is 25.0 Å². The van der Waals surface area contributed by atoms with E-state index in [1.54, 1.807) is 17.0 Å². The smallest absolute Gasteiger partial charge is 0.321 e. The molecule has 11 heteroatoms. The van der Waals surface area contributed by atoms with Crippen molar-refractivity contribution in [1.82, 2.24) is 14.9 Å². The highest BCUT2D eigenvalue weighted by molar-refractivity contribution is 8.23. The Morgan fingerprint density at radius 2 is 1.88 bits per heavy atom. The Kier molecular flexibility index (Phi) is 7.58. The van der Waals surface area contributed by atoms with Crippen LogP contribution in [-0.4, -0.2) is 86.4 Å². The lowest BCUT2D eigenvalue weighted by molar-refractivity contribution is 0.0972. The van der Waals surface area contributed by atoms with Crippen LogP contribution in [0.1, 0.15) is 25.5 Å². The summed E-state index contributed by atoms with van der Waals surface area (Å²) in [6.45, 7) is 5.02. The van der Waals surface area contributed by atoms with Crippen molar-refractivity contribution in [2.45, 2.75) is 37.7 Å². The van der Waals surface area contributed by atoms with Crippen molar-refractivity contribution in [3.8, 4) is 11.4 Å². The molecule has 1 aromatic heterocycles. The van der Waals surface area contributed by atoms with Crippen LogP contribution in [0.4, 0.5) is 16.3 Å². The highest BCUT2D eigenvalue weighted by Gasteiger charge is 2.23. The Morgan fingerprint density at radius 3 is 2.53 bits per heavy atom. The zero-order valence-corrected chi connectivity index (χ0v) is 20.4. The average molecular weight is 492 g/mol. The van der Waals surface area contributed by atoms with E-state index in [9.17, 15) is 19.0 Å². The van der Waals surface area contributed by atoms with Gasteiger partial charge in [0.05, 0.1) is 36.8 Å². The van der Waals surface area contributed by atoms with Crippen LogP contribution in [0.3, 0.4) is 0 Å². The van der Waals surface area contributed by atoms with Crippen molar-refractivity contribution < 1.29 is 23.7 Å². The van der Waals surface area contributed by atoms with Crippen molar-refractivity contribution >= 4 is 28.1 Å². The molecule has 2 saturated heterocycles. The fourth-order valence-electron chi connectivity index (χ4n) is 4.16. The maximum Gasteiger partial charge on any atom is 0.321 e. The summed E-state index contributed by atoms with van der Waals surface area (Å²) in [7, 11) is -2.77. The Bertz CT molecular complexity index is 992. The SMILES string of the molecule is C[C@H]1COCCN1c1cc(CS(C)(O)O)nc(-c2ccc(NC(=O)N3CCC(O)CC3)cc2)n1. The molecule has 4 rings (SSSR count). The number of ether oxygens (including phenoxy) is 1. The van der Waals surface area contributed by atoms with Crippen molar-refractivity contribution in [2.24, 2.45) is 0 Å². The monoisotopic (exact) mass is 491 g/mol. The minimum Gasteiger partial charge on any atom is -0.393 e. The number of carbonyl (C=O) groups is 1. The first-order valence-corrected chi connectivity index (χ1v) is 13.6. The molecule has 2 amide bonds. The molecule has 2 fully saturated rings. The van der Waals surface area contributed by atoms with Gasteiger partial charge in [0.1, 0.15) is 5.82 Å². The van der Waals surface area contributed by atoms with Crippen LogP contribution >= 0.6 is 10.6 Å². The molecule has 4 N–H and O–H groups in total. The standard InChI is InChI=1S/C23H33N5O5S/c1-16-14-33-12-11-28(16)21-13-19(15-34(2,31)32)24-22(26-21)17-3-5-18(6-4-17)25-23(30)27-9-7-20(29)8-10-27/h3-6,13,16,20,29,31-32H,7-12,14-15H2,1-2H3,(H,25,30)/t16-/m0/s1. The third-order valence-corrected chi connectivity index (χ3v) is 6.84. The molecule has 0 unspecified atom stereocenters. The van der Waals surface area contributed by atoms with Crippen LogP contribution < -0.4 is 10.2 Å². The number of likely N-dealkylation sites (tertiary alicyclic amines) is 1. The van der Waals surface area contributed by atoms with Crippen LogP contribution in [0, 0.1) is 0 Å². The first kappa shape index (κ1) is 24.7. The number of amides is 2. The molecule has 0 bridgehead atoms. The number of nitrogens with zero attached hydrogens (tertiary/aromatic N) is 4. The van der Waals surface area contributed by atoms with Crippen LogP contribution in [0.25, 0.3) is 11.4 Å². The number of aliphatic hydroxyl groups is 1. The first-order chi connectivity index (χ1) is 16.2. The van der Waals surface area contributed by atoms with Crippen LogP contribution in [-0.2, 0) is 10.5 Å². The molecular formula is C23H33N5O5S. The third-order valence-electron chi connectivity index (χ3n) is 5.99. The highest BCUT2D eigenvalue weighted by atomic mass is 32.3. The number of nitrogens with one attached hydrogen (secondary N) is 1. The number of urea groups is 1. The molecule has 0 aliphatic carbocycles. The molecule has 186 valence electrons. The quantitative estimate of drug-likeness (QED) is 0.501. The van der Waals surface area contributed by atoms with E-state index >= 15 is 0 Å². The molecule has 3 heterocycles. The maximum atomic E-state index is 12.5.